The van der Waals surface area contributed by atoms with E-state index in [1.165, 1.54) is 28.6 Å². The number of halogens is 1. The molecule has 0 saturated heterocycles. The van der Waals surface area contributed by atoms with Crippen molar-refractivity contribution in [3.63, 3.8) is 0 Å². The molecule has 1 amide bonds. The van der Waals surface area contributed by atoms with Crippen molar-refractivity contribution in [1.29, 1.82) is 5.26 Å². The minimum absolute atomic E-state index is 0.124. The number of nitrogen functional groups attached to an aromatic ring is 1. The minimum atomic E-state index is -0.728. The molecule has 7 nitrogen and oxygen atoms in total. The van der Waals surface area contributed by atoms with Crippen LogP contribution in [0.4, 0.5) is 4.39 Å². The Morgan fingerprint density at radius 3 is 2.62 bits per heavy atom. The van der Waals surface area contributed by atoms with Crippen LogP contribution >= 0.6 is 11.8 Å². The van der Waals surface area contributed by atoms with E-state index < -0.39 is 10.8 Å². The fourth-order valence-corrected chi connectivity index (χ4v) is 4.53. The lowest BCUT2D eigenvalue weighted by Gasteiger charge is -2.40. The first kappa shape index (κ1) is 21.1. The van der Waals surface area contributed by atoms with Gasteiger partial charge in [0.1, 0.15) is 11.4 Å². The highest BCUT2D eigenvalue weighted by atomic mass is 32.2. The molecule has 0 spiro atoms. The average molecular weight is 417 g/mol. The Hall–Kier alpha value is -2.60. The first-order valence-electron chi connectivity index (χ1n) is 9.66. The van der Waals surface area contributed by atoms with Crippen LogP contribution in [0.15, 0.2) is 29.4 Å². The second-order valence-corrected chi connectivity index (χ2v) is 8.74. The summed E-state index contributed by atoms with van der Waals surface area (Å²) in [5, 5.41) is 17.9. The van der Waals surface area contributed by atoms with Gasteiger partial charge in [0.25, 0.3) is 0 Å². The standard InChI is InChI=1S/C20H25FN6OS/c1-14(18(28)26(2)20(13-22)10-4-3-5-11-20)29-19-25-24-17(27(19)23)12-15-6-8-16(21)9-7-15/h6-9,14H,3-5,10-12,23H2,1-2H3/t14-/m0/s1. The van der Waals surface area contributed by atoms with Crippen LogP contribution in [0.5, 0.6) is 0 Å². The van der Waals surface area contributed by atoms with Crippen molar-refractivity contribution in [2.75, 3.05) is 12.9 Å². The Balaban J connectivity index is 1.68. The summed E-state index contributed by atoms with van der Waals surface area (Å²) in [6.45, 7) is 1.78. The smallest absolute Gasteiger partial charge is 0.236 e. The zero-order valence-corrected chi connectivity index (χ0v) is 17.5. The van der Waals surface area contributed by atoms with E-state index in [1.807, 2.05) is 0 Å². The van der Waals surface area contributed by atoms with Crippen molar-refractivity contribution in [2.24, 2.45) is 0 Å². The fraction of sp³-hybridized carbons (Fsp3) is 0.500. The number of amides is 1. The number of thioether (sulfide) groups is 1. The zero-order chi connectivity index (χ0) is 21.0. The van der Waals surface area contributed by atoms with Crippen LogP contribution in [-0.2, 0) is 11.2 Å². The predicted octanol–water partition coefficient (Wildman–Crippen LogP) is 2.89. The van der Waals surface area contributed by atoms with Gasteiger partial charge in [-0.05, 0) is 37.5 Å². The summed E-state index contributed by atoms with van der Waals surface area (Å²) in [5.74, 6) is 6.22. The number of hydrogen-bond acceptors (Lipinski definition) is 6. The van der Waals surface area contributed by atoms with Crippen LogP contribution in [0.1, 0.15) is 50.4 Å². The Bertz CT molecular complexity index is 901. The summed E-state index contributed by atoms with van der Waals surface area (Å²) in [6, 6.07) is 8.48. The highest BCUT2D eigenvalue weighted by Crippen LogP contribution is 2.34. The number of nitrogens with zero attached hydrogens (tertiary/aromatic N) is 5. The number of hydrogen-bond donors (Lipinski definition) is 1. The highest BCUT2D eigenvalue weighted by Gasteiger charge is 2.40. The maximum atomic E-state index is 13.1. The molecular weight excluding hydrogens is 391 g/mol. The number of aromatic nitrogens is 3. The van der Waals surface area contributed by atoms with E-state index in [-0.39, 0.29) is 11.7 Å². The van der Waals surface area contributed by atoms with Gasteiger partial charge in [0.05, 0.1) is 11.3 Å². The van der Waals surface area contributed by atoms with Gasteiger partial charge in [-0.25, -0.2) is 9.07 Å². The molecule has 1 atom stereocenters. The summed E-state index contributed by atoms with van der Waals surface area (Å²) >= 11 is 1.22. The highest BCUT2D eigenvalue weighted by molar-refractivity contribution is 8.00. The molecule has 29 heavy (non-hydrogen) atoms. The van der Waals surface area contributed by atoms with Crippen LogP contribution in [0.3, 0.4) is 0 Å². The second-order valence-electron chi connectivity index (χ2n) is 7.43. The van der Waals surface area contributed by atoms with Gasteiger partial charge in [-0.15, -0.1) is 10.2 Å². The largest absolute Gasteiger partial charge is 0.336 e. The Morgan fingerprint density at radius 1 is 1.34 bits per heavy atom. The van der Waals surface area contributed by atoms with Gasteiger partial charge >= 0.3 is 0 Å². The number of benzene rings is 1. The van der Waals surface area contributed by atoms with Gasteiger partial charge in [0.15, 0.2) is 5.82 Å². The molecule has 1 heterocycles. The lowest BCUT2D eigenvalue weighted by Crippen LogP contribution is -2.52. The normalized spacial score (nSPS) is 16.8. The molecule has 1 fully saturated rings. The maximum Gasteiger partial charge on any atom is 0.236 e. The van der Waals surface area contributed by atoms with Crippen molar-refractivity contribution in [2.45, 2.75) is 61.4 Å². The van der Waals surface area contributed by atoms with Gasteiger partial charge in [0, 0.05) is 13.5 Å². The first-order valence-corrected chi connectivity index (χ1v) is 10.5. The molecular formula is C20H25FN6OS. The van der Waals surface area contributed by atoms with Gasteiger partial charge in [-0.2, -0.15) is 5.26 Å². The van der Waals surface area contributed by atoms with Gasteiger partial charge in [-0.3, -0.25) is 4.79 Å². The summed E-state index contributed by atoms with van der Waals surface area (Å²) in [6.07, 6.45) is 4.83. The predicted molar refractivity (Wildman–Crippen MR) is 109 cm³/mol. The van der Waals surface area contributed by atoms with E-state index in [4.69, 9.17) is 5.84 Å². The number of rotatable bonds is 6. The van der Waals surface area contributed by atoms with Crippen molar-refractivity contribution in [3.8, 4) is 6.07 Å². The molecule has 1 aromatic heterocycles. The molecule has 0 bridgehead atoms. The van der Waals surface area contributed by atoms with Crippen molar-refractivity contribution in [3.05, 3.63) is 41.5 Å². The topological polar surface area (TPSA) is 101 Å². The molecule has 2 N–H and O–H groups in total. The third-order valence-electron chi connectivity index (χ3n) is 5.50. The summed E-state index contributed by atoms with van der Waals surface area (Å²) in [4.78, 5) is 14.6. The number of carbonyl (C=O) groups is 1. The Morgan fingerprint density at radius 2 is 2.00 bits per heavy atom. The molecule has 154 valence electrons. The molecule has 1 saturated carbocycles. The molecule has 0 aliphatic heterocycles. The molecule has 0 radical (unpaired) electrons. The molecule has 0 unspecified atom stereocenters. The van der Waals surface area contributed by atoms with E-state index in [0.717, 1.165) is 24.8 Å². The van der Waals surface area contributed by atoms with Gasteiger partial charge < -0.3 is 10.7 Å². The van der Waals surface area contributed by atoms with E-state index in [9.17, 15) is 14.4 Å². The third kappa shape index (κ3) is 4.53. The van der Waals surface area contributed by atoms with Crippen LogP contribution in [-0.4, -0.2) is 43.5 Å². The SMILES string of the molecule is C[C@H](Sc1nnc(Cc2ccc(F)cc2)n1N)C(=O)N(C)C1(C#N)CCCCC1. The third-order valence-corrected chi connectivity index (χ3v) is 6.55. The molecule has 9 heteroatoms. The summed E-state index contributed by atoms with van der Waals surface area (Å²) < 4.78 is 14.4. The van der Waals surface area contributed by atoms with Crippen LogP contribution in [0.25, 0.3) is 0 Å². The fourth-order valence-electron chi connectivity index (χ4n) is 3.64. The Labute approximate surface area is 174 Å². The minimum Gasteiger partial charge on any atom is -0.336 e. The van der Waals surface area contributed by atoms with E-state index in [0.29, 0.717) is 30.2 Å². The molecule has 1 aliphatic carbocycles. The maximum absolute atomic E-state index is 13.1. The van der Waals surface area contributed by atoms with Crippen molar-refractivity contribution in [1.82, 2.24) is 19.8 Å². The lowest BCUT2D eigenvalue weighted by molar-refractivity contribution is -0.133. The van der Waals surface area contributed by atoms with E-state index in [1.54, 1.807) is 31.0 Å². The zero-order valence-electron chi connectivity index (χ0n) is 16.6. The average Bonchev–Trinajstić information content (AvgIpc) is 3.08. The van der Waals surface area contributed by atoms with Crippen LogP contribution < -0.4 is 5.84 Å². The molecule has 1 aliphatic rings. The Kier molecular flexibility index (Phi) is 6.42. The van der Waals surface area contributed by atoms with Gasteiger partial charge in [0.2, 0.25) is 11.1 Å². The van der Waals surface area contributed by atoms with E-state index >= 15 is 0 Å². The number of carbonyl (C=O) groups excluding carboxylic acids is 1. The molecule has 2 aromatic rings. The first-order chi connectivity index (χ1) is 13.9. The van der Waals surface area contributed by atoms with Gasteiger partial charge in [-0.1, -0.05) is 43.2 Å². The number of nitriles is 1. The summed E-state index contributed by atoms with van der Waals surface area (Å²) in [7, 11) is 1.71. The van der Waals surface area contributed by atoms with E-state index in [2.05, 4.69) is 16.3 Å². The summed E-state index contributed by atoms with van der Waals surface area (Å²) in [5.41, 5.74) is 0.132. The number of nitrogens with two attached hydrogens (primary N) is 1. The van der Waals surface area contributed by atoms with Crippen LogP contribution in [0.2, 0.25) is 0 Å². The van der Waals surface area contributed by atoms with Crippen LogP contribution in [0, 0.1) is 17.1 Å². The monoisotopic (exact) mass is 416 g/mol. The lowest BCUT2D eigenvalue weighted by atomic mass is 9.81. The molecule has 3 rings (SSSR count). The quantitative estimate of drug-likeness (QED) is 0.574. The second kappa shape index (κ2) is 8.82. The molecule has 1 aromatic carbocycles. The van der Waals surface area contributed by atoms with Crippen molar-refractivity contribution < 1.29 is 9.18 Å². The van der Waals surface area contributed by atoms with Crippen molar-refractivity contribution >= 4 is 17.7 Å².